The number of hydrogen-bond donors (Lipinski definition) is 1. The molecule has 4 heteroatoms. The molecule has 122 valence electrons. The van der Waals surface area contributed by atoms with Crippen molar-refractivity contribution in [2.75, 3.05) is 0 Å². The van der Waals surface area contributed by atoms with Crippen molar-refractivity contribution in [1.82, 2.24) is 0 Å². The van der Waals surface area contributed by atoms with E-state index in [9.17, 15) is 9.50 Å². The summed E-state index contributed by atoms with van der Waals surface area (Å²) in [5.74, 6) is -0.274. The first-order valence-electron chi connectivity index (χ1n) is 7.88. The van der Waals surface area contributed by atoms with Crippen LogP contribution in [0.15, 0.2) is 40.8 Å². The number of aliphatic imine (C=N–C) groups is 1. The van der Waals surface area contributed by atoms with Crippen LogP contribution in [0.5, 0.6) is 0 Å². The van der Waals surface area contributed by atoms with Crippen molar-refractivity contribution in [3.8, 4) is 0 Å². The summed E-state index contributed by atoms with van der Waals surface area (Å²) in [7, 11) is 0. The number of rotatable bonds is 4. The summed E-state index contributed by atoms with van der Waals surface area (Å²) < 4.78 is 14.6. The highest BCUT2D eigenvalue weighted by Gasteiger charge is 2.38. The molecule has 0 radical (unpaired) electrons. The molecule has 1 aromatic carbocycles. The van der Waals surface area contributed by atoms with Crippen molar-refractivity contribution in [3.05, 3.63) is 47.2 Å². The molecule has 0 spiro atoms. The average Bonchev–Trinajstić information content (AvgIpc) is 3.11. The van der Waals surface area contributed by atoms with E-state index in [0.29, 0.717) is 0 Å². The van der Waals surface area contributed by atoms with Gasteiger partial charge in [0.2, 0.25) is 0 Å². The van der Waals surface area contributed by atoms with Gasteiger partial charge >= 0.3 is 0 Å². The van der Waals surface area contributed by atoms with Gasteiger partial charge in [0.25, 0.3) is 0 Å². The monoisotopic (exact) mass is 331 g/mol. The SMILES string of the molecule is CC(C)(C)CCC1(C(O)c2csc3ccc(F)cc23)C=CN=C1. The van der Waals surface area contributed by atoms with Gasteiger partial charge < -0.3 is 5.11 Å². The van der Waals surface area contributed by atoms with E-state index in [4.69, 9.17) is 0 Å². The predicted octanol–water partition coefficient (Wildman–Crippen LogP) is 5.48. The molecule has 2 aromatic rings. The highest BCUT2D eigenvalue weighted by Crippen LogP contribution is 2.45. The van der Waals surface area contributed by atoms with Gasteiger partial charge in [-0.3, -0.25) is 4.99 Å². The number of aliphatic hydroxyl groups is 1. The van der Waals surface area contributed by atoms with E-state index in [1.807, 2.05) is 17.7 Å². The predicted molar refractivity (Wildman–Crippen MR) is 95.5 cm³/mol. The number of halogens is 1. The molecule has 0 aliphatic carbocycles. The fourth-order valence-electron chi connectivity index (χ4n) is 2.97. The normalized spacial score (nSPS) is 22.1. The lowest BCUT2D eigenvalue weighted by Gasteiger charge is -2.32. The molecule has 1 aliphatic heterocycles. The molecule has 2 heterocycles. The third-order valence-corrected chi connectivity index (χ3v) is 5.44. The zero-order valence-corrected chi connectivity index (χ0v) is 14.5. The van der Waals surface area contributed by atoms with Crippen LogP contribution in [0.1, 0.15) is 45.3 Å². The lowest BCUT2D eigenvalue weighted by molar-refractivity contribution is 0.0923. The summed E-state index contributed by atoms with van der Waals surface area (Å²) in [4.78, 5) is 4.23. The van der Waals surface area contributed by atoms with Crippen LogP contribution in [0.25, 0.3) is 10.1 Å². The van der Waals surface area contributed by atoms with Gasteiger partial charge in [0.1, 0.15) is 5.82 Å². The van der Waals surface area contributed by atoms with Crippen LogP contribution in [0.3, 0.4) is 0 Å². The zero-order valence-electron chi connectivity index (χ0n) is 13.7. The Morgan fingerprint density at radius 1 is 1.35 bits per heavy atom. The van der Waals surface area contributed by atoms with Gasteiger partial charge in [0.05, 0.1) is 11.5 Å². The smallest absolute Gasteiger partial charge is 0.123 e. The lowest BCUT2D eigenvalue weighted by atomic mass is 9.73. The maximum absolute atomic E-state index is 13.6. The Kier molecular flexibility index (Phi) is 4.15. The van der Waals surface area contributed by atoms with Crippen LogP contribution in [0, 0.1) is 16.6 Å². The third kappa shape index (κ3) is 3.24. The fourth-order valence-corrected chi connectivity index (χ4v) is 3.93. The van der Waals surface area contributed by atoms with E-state index < -0.39 is 11.5 Å². The summed E-state index contributed by atoms with van der Waals surface area (Å²) in [5, 5.41) is 13.8. The van der Waals surface area contributed by atoms with Gasteiger partial charge in [-0.1, -0.05) is 26.8 Å². The largest absolute Gasteiger partial charge is 0.387 e. The number of hydrogen-bond acceptors (Lipinski definition) is 3. The molecule has 2 atom stereocenters. The number of benzene rings is 1. The molecule has 0 bridgehead atoms. The van der Waals surface area contributed by atoms with Crippen molar-refractivity contribution in [1.29, 1.82) is 0 Å². The molecule has 0 saturated heterocycles. The zero-order chi connectivity index (χ0) is 16.7. The number of nitrogens with zero attached hydrogens (tertiary/aromatic N) is 1. The Morgan fingerprint density at radius 3 is 2.78 bits per heavy atom. The van der Waals surface area contributed by atoms with E-state index >= 15 is 0 Å². The Labute approximate surface area is 140 Å². The van der Waals surface area contributed by atoms with Gasteiger partial charge in [-0.15, -0.1) is 11.3 Å². The minimum atomic E-state index is -0.720. The maximum Gasteiger partial charge on any atom is 0.123 e. The average molecular weight is 331 g/mol. The first kappa shape index (κ1) is 16.3. The molecule has 2 unspecified atom stereocenters. The van der Waals surface area contributed by atoms with Crippen molar-refractivity contribution >= 4 is 27.6 Å². The van der Waals surface area contributed by atoms with E-state index in [1.54, 1.807) is 12.3 Å². The Morgan fingerprint density at radius 2 is 2.13 bits per heavy atom. The van der Waals surface area contributed by atoms with Crippen molar-refractivity contribution < 1.29 is 9.50 Å². The maximum atomic E-state index is 13.6. The second-order valence-electron chi connectivity index (χ2n) is 7.50. The van der Waals surface area contributed by atoms with Crippen LogP contribution in [0.4, 0.5) is 4.39 Å². The highest BCUT2D eigenvalue weighted by molar-refractivity contribution is 7.17. The van der Waals surface area contributed by atoms with Crippen molar-refractivity contribution in [2.45, 2.75) is 39.7 Å². The Hall–Kier alpha value is -1.52. The van der Waals surface area contributed by atoms with E-state index in [-0.39, 0.29) is 11.2 Å². The summed E-state index contributed by atoms with van der Waals surface area (Å²) in [5.41, 5.74) is 0.462. The van der Waals surface area contributed by atoms with Crippen molar-refractivity contribution in [2.24, 2.45) is 15.8 Å². The van der Waals surface area contributed by atoms with Gasteiger partial charge in [-0.25, -0.2) is 4.39 Å². The topological polar surface area (TPSA) is 32.6 Å². The van der Waals surface area contributed by atoms with Crippen LogP contribution in [0.2, 0.25) is 0 Å². The second-order valence-corrected chi connectivity index (χ2v) is 8.41. The molecule has 23 heavy (non-hydrogen) atoms. The third-order valence-electron chi connectivity index (χ3n) is 4.46. The molecule has 0 saturated carbocycles. The molecular formula is C19H22FNOS. The Balaban J connectivity index is 1.98. The van der Waals surface area contributed by atoms with Gasteiger partial charge in [0.15, 0.2) is 0 Å². The summed E-state index contributed by atoms with van der Waals surface area (Å²) in [6.07, 6.45) is 6.63. The first-order chi connectivity index (χ1) is 10.8. The highest BCUT2D eigenvalue weighted by atomic mass is 32.1. The minimum absolute atomic E-state index is 0.180. The van der Waals surface area contributed by atoms with Gasteiger partial charge in [-0.2, -0.15) is 0 Å². The van der Waals surface area contributed by atoms with Crippen LogP contribution >= 0.6 is 11.3 Å². The van der Waals surface area contributed by atoms with Crippen LogP contribution in [-0.2, 0) is 0 Å². The molecule has 3 rings (SSSR count). The van der Waals surface area contributed by atoms with Gasteiger partial charge in [-0.05, 0) is 41.8 Å². The molecule has 1 N–H and O–H groups in total. The minimum Gasteiger partial charge on any atom is -0.387 e. The number of aliphatic hydroxyl groups excluding tert-OH is 1. The molecular weight excluding hydrogens is 309 g/mol. The van der Waals surface area contributed by atoms with Crippen LogP contribution in [-0.4, -0.2) is 11.3 Å². The molecule has 2 nitrogen and oxygen atoms in total. The lowest BCUT2D eigenvalue weighted by Crippen LogP contribution is -2.28. The van der Waals surface area contributed by atoms with E-state index in [0.717, 1.165) is 28.5 Å². The Bertz CT molecular complexity index is 757. The summed E-state index contributed by atoms with van der Waals surface area (Å²) in [6.45, 7) is 6.58. The fraction of sp³-hybridized carbons (Fsp3) is 0.421. The second kappa shape index (κ2) is 5.84. The standard InChI is InChI=1S/C19H22FNOS/c1-18(2,3)6-7-19(8-9-21-12-19)17(22)15-11-23-16-5-4-13(20)10-14(15)16/h4-5,8-12,17,22H,6-7H2,1-3H3. The quantitative estimate of drug-likeness (QED) is 0.790. The molecule has 1 aliphatic rings. The first-order valence-corrected chi connectivity index (χ1v) is 8.75. The molecule has 0 fully saturated rings. The van der Waals surface area contributed by atoms with E-state index in [2.05, 4.69) is 25.8 Å². The molecule has 1 aromatic heterocycles. The van der Waals surface area contributed by atoms with Gasteiger partial charge in [0, 0.05) is 28.1 Å². The van der Waals surface area contributed by atoms with Crippen LogP contribution < -0.4 is 0 Å². The molecule has 0 amide bonds. The number of thiophene rings is 1. The van der Waals surface area contributed by atoms with E-state index in [1.165, 1.54) is 23.5 Å². The summed E-state index contributed by atoms with van der Waals surface area (Å²) >= 11 is 1.54. The number of fused-ring (bicyclic) bond motifs is 1. The van der Waals surface area contributed by atoms with Crippen molar-refractivity contribution in [3.63, 3.8) is 0 Å². The summed E-state index contributed by atoms with van der Waals surface area (Å²) in [6, 6.07) is 4.74.